The van der Waals surface area contributed by atoms with Crippen molar-refractivity contribution >= 4 is 39.3 Å². The Hall–Kier alpha value is -4.43. The number of hydrogen-bond donors (Lipinski definition) is 2. The SMILES string of the molecule is CCOC(=O)c1ccc(S(=O)(=O)N2CCN(c3ccc(NC(=O)NC(=O)c4ccccc4)cc3C(F)(F)F)CC2)cc1. The van der Waals surface area contributed by atoms with Gasteiger partial charge in [-0.25, -0.2) is 18.0 Å². The first-order chi connectivity index (χ1) is 19.9. The summed E-state index contributed by atoms with van der Waals surface area (Å²) in [5.74, 6) is -1.30. The number of hydrogen-bond acceptors (Lipinski definition) is 7. The Kier molecular flexibility index (Phi) is 9.17. The lowest BCUT2D eigenvalue weighted by Gasteiger charge is -2.36. The van der Waals surface area contributed by atoms with Gasteiger partial charge in [0, 0.05) is 43.1 Å². The molecule has 0 saturated carbocycles. The van der Waals surface area contributed by atoms with Crippen LogP contribution in [0.1, 0.15) is 33.2 Å². The third kappa shape index (κ3) is 7.06. The highest BCUT2D eigenvalue weighted by Crippen LogP contribution is 2.39. The molecule has 2 N–H and O–H groups in total. The molecule has 3 amide bonds. The second kappa shape index (κ2) is 12.6. The van der Waals surface area contributed by atoms with E-state index in [1.807, 2.05) is 0 Å². The molecule has 0 atom stereocenters. The number of esters is 1. The molecule has 4 rings (SSSR count). The van der Waals surface area contributed by atoms with Gasteiger partial charge in [0.05, 0.1) is 22.6 Å². The Bertz CT molecular complexity index is 1560. The zero-order valence-electron chi connectivity index (χ0n) is 22.3. The van der Waals surface area contributed by atoms with E-state index in [0.29, 0.717) is 0 Å². The monoisotopic (exact) mass is 604 g/mol. The van der Waals surface area contributed by atoms with Crippen molar-refractivity contribution in [2.75, 3.05) is 43.0 Å². The summed E-state index contributed by atoms with van der Waals surface area (Å²) in [6, 6.07) is 15.3. The number of ether oxygens (including phenoxy) is 1. The van der Waals surface area contributed by atoms with Gasteiger partial charge >= 0.3 is 18.2 Å². The number of anilines is 2. The number of carbonyl (C=O) groups is 3. The number of halogens is 3. The quantitative estimate of drug-likeness (QED) is 0.384. The molecule has 0 spiro atoms. The first-order valence-electron chi connectivity index (χ1n) is 12.8. The van der Waals surface area contributed by atoms with Gasteiger partial charge < -0.3 is 15.0 Å². The molecule has 3 aromatic carbocycles. The van der Waals surface area contributed by atoms with Crippen molar-refractivity contribution in [2.24, 2.45) is 0 Å². The van der Waals surface area contributed by atoms with Crippen molar-refractivity contribution in [3.63, 3.8) is 0 Å². The smallest absolute Gasteiger partial charge is 0.418 e. The molecule has 1 aliphatic rings. The number of piperazine rings is 1. The lowest BCUT2D eigenvalue weighted by Crippen LogP contribution is -2.49. The van der Waals surface area contributed by atoms with Gasteiger partial charge in [0.15, 0.2) is 0 Å². The van der Waals surface area contributed by atoms with Crippen molar-refractivity contribution in [3.8, 4) is 0 Å². The third-order valence-corrected chi connectivity index (χ3v) is 8.32. The normalized spacial score (nSPS) is 14.2. The van der Waals surface area contributed by atoms with Crippen LogP contribution < -0.4 is 15.5 Å². The molecule has 0 aliphatic carbocycles. The predicted octanol–water partition coefficient (Wildman–Crippen LogP) is 4.35. The Morgan fingerprint density at radius 1 is 0.881 bits per heavy atom. The van der Waals surface area contributed by atoms with E-state index in [0.717, 1.165) is 6.07 Å². The lowest BCUT2D eigenvalue weighted by molar-refractivity contribution is -0.137. The van der Waals surface area contributed by atoms with Crippen molar-refractivity contribution in [2.45, 2.75) is 18.0 Å². The number of carbonyl (C=O) groups excluding carboxylic acids is 3. The van der Waals surface area contributed by atoms with Gasteiger partial charge in [-0.3, -0.25) is 10.1 Å². The Labute approximate surface area is 240 Å². The number of sulfonamides is 1. The van der Waals surface area contributed by atoms with Gasteiger partial charge in [0.1, 0.15) is 0 Å². The average molecular weight is 605 g/mol. The first-order valence-corrected chi connectivity index (χ1v) is 14.2. The molecule has 0 unspecified atom stereocenters. The highest BCUT2D eigenvalue weighted by Gasteiger charge is 2.37. The highest BCUT2D eigenvalue weighted by molar-refractivity contribution is 7.89. The summed E-state index contributed by atoms with van der Waals surface area (Å²) in [6.07, 6.45) is -4.78. The van der Waals surface area contributed by atoms with Crippen LogP contribution >= 0.6 is 0 Å². The van der Waals surface area contributed by atoms with E-state index in [1.54, 1.807) is 25.1 Å². The maximum atomic E-state index is 14.0. The summed E-state index contributed by atoms with van der Waals surface area (Å²) in [5.41, 5.74) is -0.991. The van der Waals surface area contributed by atoms with Crippen molar-refractivity contribution in [1.29, 1.82) is 0 Å². The molecule has 0 aromatic heterocycles. The van der Waals surface area contributed by atoms with Gasteiger partial charge in [-0.15, -0.1) is 0 Å². The standard InChI is InChI=1S/C28H27F3N4O6S/c1-2-41-26(37)20-8-11-22(12-9-20)42(39,40)35-16-14-34(15-17-35)24-13-10-21(18-23(24)28(29,30)31)32-27(38)33-25(36)19-6-4-3-5-7-19/h3-13,18H,2,14-17H2,1H3,(H2,32,33,36,38). The van der Waals surface area contributed by atoms with Gasteiger partial charge in [-0.05, 0) is 61.5 Å². The zero-order chi connectivity index (χ0) is 30.5. The number of benzene rings is 3. The van der Waals surface area contributed by atoms with E-state index in [4.69, 9.17) is 4.74 Å². The fraction of sp³-hybridized carbons (Fsp3) is 0.250. The molecule has 1 aliphatic heterocycles. The molecule has 3 aromatic rings. The molecular weight excluding hydrogens is 577 g/mol. The van der Waals surface area contributed by atoms with Crippen LogP contribution in [0.4, 0.5) is 29.3 Å². The maximum Gasteiger partial charge on any atom is 0.418 e. The molecule has 222 valence electrons. The van der Waals surface area contributed by atoms with Crippen LogP contribution in [0.2, 0.25) is 0 Å². The molecule has 0 radical (unpaired) electrons. The van der Waals surface area contributed by atoms with E-state index >= 15 is 0 Å². The van der Waals surface area contributed by atoms with Crippen molar-refractivity contribution in [3.05, 3.63) is 89.5 Å². The predicted molar refractivity (Wildman–Crippen MR) is 148 cm³/mol. The number of urea groups is 1. The summed E-state index contributed by atoms with van der Waals surface area (Å²) >= 11 is 0. The van der Waals surface area contributed by atoms with Gasteiger partial charge in [-0.2, -0.15) is 17.5 Å². The number of rotatable bonds is 7. The van der Waals surface area contributed by atoms with Crippen LogP contribution in [-0.2, 0) is 20.9 Å². The molecule has 10 nitrogen and oxygen atoms in total. The minimum Gasteiger partial charge on any atom is -0.462 e. The highest BCUT2D eigenvalue weighted by atomic mass is 32.2. The number of alkyl halides is 3. The van der Waals surface area contributed by atoms with Gasteiger partial charge in [0.25, 0.3) is 5.91 Å². The summed E-state index contributed by atoms with van der Waals surface area (Å²) in [7, 11) is -3.96. The van der Waals surface area contributed by atoms with Crippen molar-refractivity contribution in [1.82, 2.24) is 9.62 Å². The second-order valence-electron chi connectivity index (χ2n) is 9.14. The van der Waals surface area contributed by atoms with E-state index in [2.05, 4.69) is 10.6 Å². The summed E-state index contributed by atoms with van der Waals surface area (Å²) in [4.78, 5) is 37.6. The summed E-state index contributed by atoms with van der Waals surface area (Å²) in [5, 5.41) is 4.30. The number of amides is 3. The Morgan fingerprint density at radius 2 is 1.52 bits per heavy atom. The molecule has 1 saturated heterocycles. The Balaban J connectivity index is 1.44. The minimum atomic E-state index is -4.78. The van der Waals surface area contributed by atoms with Crippen LogP contribution in [0.25, 0.3) is 0 Å². The number of nitrogens with one attached hydrogen (secondary N) is 2. The molecule has 1 heterocycles. The Morgan fingerprint density at radius 3 is 2.12 bits per heavy atom. The van der Waals surface area contributed by atoms with Crippen LogP contribution in [-0.4, -0.2) is 63.4 Å². The lowest BCUT2D eigenvalue weighted by atomic mass is 10.1. The van der Waals surface area contributed by atoms with Crippen LogP contribution in [0, 0.1) is 0 Å². The fourth-order valence-corrected chi connectivity index (χ4v) is 5.76. The molecule has 42 heavy (non-hydrogen) atoms. The summed E-state index contributed by atoms with van der Waals surface area (Å²) in [6.45, 7) is 1.61. The van der Waals surface area contributed by atoms with Crippen LogP contribution in [0.15, 0.2) is 77.7 Å². The molecule has 0 bridgehead atoms. The van der Waals surface area contributed by atoms with Crippen LogP contribution in [0.3, 0.4) is 0 Å². The molecular formula is C28H27F3N4O6S. The number of nitrogens with zero attached hydrogens (tertiary/aromatic N) is 2. The molecule has 1 fully saturated rings. The van der Waals surface area contributed by atoms with Gasteiger partial charge in [0.2, 0.25) is 10.0 Å². The van der Waals surface area contributed by atoms with E-state index < -0.39 is 39.7 Å². The molecule has 14 heteroatoms. The fourth-order valence-electron chi connectivity index (χ4n) is 4.34. The van der Waals surface area contributed by atoms with E-state index in [9.17, 15) is 36.0 Å². The maximum absolute atomic E-state index is 14.0. The van der Waals surface area contributed by atoms with Crippen molar-refractivity contribution < 1.29 is 40.7 Å². The summed E-state index contributed by atoms with van der Waals surface area (Å²) < 4.78 is 74.4. The topological polar surface area (TPSA) is 125 Å². The largest absolute Gasteiger partial charge is 0.462 e. The van der Waals surface area contributed by atoms with E-state index in [1.165, 1.54) is 57.7 Å². The second-order valence-corrected chi connectivity index (χ2v) is 11.1. The van der Waals surface area contributed by atoms with Crippen LogP contribution in [0.5, 0.6) is 0 Å². The minimum absolute atomic E-state index is 0.0257. The third-order valence-electron chi connectivity index (χ3n) is 6.41. The average Bonchev–Trinajstić information content (AvgIpc) is 2.97. The number of imide groups is 1. The van der Waals surface area contributed by atoms with Gasteiger partial charge in [-0.1, -0.05) is 18.2 Å². The zero-order valence-corrected chi connectivity index (χ0v) is 23.2. The first kappa shape index (κ1) is 30.5. The van der Waals surface area contributed by atoms with E-state index in [-0.39, 0.29) is 60.2 Å².